The molecule has 6 heteroatoms. The van der Waals surface area contributed by atoms with E-state index in [2.05, 4.69) is 35.0 Å². The number of rotatable bonds is 13. The smallest absolute Gasteiger partial charge is 0.251 e. The first-order valence-electron chi connectivity index (χ1n) is 11.8. The molecule has 0 fully saturated rings. The summed E-state index contributed by atoms with van der Waals surface area (Å²) in [6, 6.07) is 24.8. The Kier molecular flexibility index (Phi) is 9.99. The van der Waals surface area contributed by atoms with E-state index in [4.69, 9.17) is 4.74 Å². The summed E-state index contributed by atoms with van der Waals surface area (Å²) in [6.07, 6.45) is 3.93. The van der Waals surface area contributed by atoms with Gasteiger partial charge in [-0.3, -0.25) is 9.59 Å². The lowest BCUT2D eigenvalue weighted by Crippen LogP contribution is -2.24. The third-order valence-electron chi connectivity index (χ3n) is 5.28. The van der Waals surface area contributed by atoms with E-state index in [-0.39, 0.29) is 18.4 Å². The number of ether oxygens (including phenoxy) is 1. The van der Waals surface area contributed by atoms with Crippen LogP contribution in [0, 0.1) is 0 Å². The predicted octanol–water partition coefficient (Wildman–Crippen LogP) is 5.28. The fourth-order valence-corrected chi connectivity index (χ4v) is 3.35. The van der Waals surface area contributed by atoms with E-state index in [9.17, 15) is 9.59 Å². The van der Waals surface area contributed by atoms with Gasteiger partial charge in [0, 0.05) is 23.5 Å². The first kappa shape index (κ1) is 24.8. The van der Waals surface area contributed by atoms with E-state index in [0.29, 0.717) is 24.4 Å². The van der Waals surface area contributed by atoms with Crippen LogP contribution in [-0.2, 0) is 11.2 Å². The molecule has 3 aromatic rings. The Morgan fingerprint density at radius 1 is 0.824 bits per heavy atom. The van der Waals surface area contributed by atoms with E-state index in [1.54, 1.807) is 24.3 Å². The molecule has 3 aromatic carbocycles. The summed E-state index contributed by atoms with van der Waals surface area (Å²) in [6.45, 7) is 3.54. The summed E-state index contributed by atoms with van der Waals surface area (Å²) in [4.78, 5) is 24.3. The van der Waals surface area contributed by atoms with Crippen molar-refractivity contribution in [2.24, 2.45) is 0 Å². The van der Waals surface area contributed by atoms with Gasteiger partial charge in [-0.15, -0.1) is 0 Å². The standard InChI is InChI=1S/C28H33N3O3/c1-2-3-19-29-28(33)23-11-13-25(14-12-23)31-27(32)21-30-24-15-17-26(18-16-24)34-20-7-10-22-8-5-4-6-9-22/h4-6,8-9,11-18,30H,2-3,7,10,19-21H2,1H3,(H,29,33)(H,31,32). The summed E-state index contributed by atoms with van der Waals surface area (Å²) in [7, 11) is 0. The summed E-state index contributed by atoms with van der Waals surface area (Å²) in [5.74, 6) is 0.542. The maximum atomic E-state index is 12.3. The highest BCUT2D eigenvalue weighted by Crippen LogP contribution is 2.16. The molecule has 0 bridgehead atoms. The minimum absolute atomic E-state index is 0.100. The van der Waals surface area contributed by atoms with Crippen molar-refractivity contribution < 1.29 is 14.3 Å². The molecule has 0 saturated heterocycles. The number of benzene rings is 3. The van der Waals surface area contributed by atoms with E-state index >= 15 is 0 Å². The van der Waals surface area contributed by atoms with Crippen molar-refractivity contribution >= 4 is 23.2 Å². The second-order valence-corrected chi connectivity index (χ2v) is 8.05. The Balaban J connectivity index is 1.35. The third-order valence-corrected chi connectivity index (χ3v) is 5.28. The van der Waals surface area contributed by atoms with Crippen molar-refractivity contribution in [1.29, 1.82) is 0 Å². The van der Waals surface area contributed by atoms with Crippen molar-refractivity contribution in [3.05, 3.63) is 90.0 Å². The summed E-state index contributed by atoms with van der Waals surface area (Å²) in [5.41, 5.74) is 3.38. The number of carbonyl (C=O) groups excluding carboxylic acids is 2. The van der Waals surface area contributed by atoms with Gasteiger partial charge in [-0.1, -0.05) is 43.7 Å². The number of unbranched alkanes of at least 4 members (excludes halogenated alkanes) is 1. The molecule has 0 spiro atoms. The highest BCUT2D eigenvalue weighted by Gasteiger charge is 2.06. The van der Waals surface area contributed by atoms with Crippen LogP contribution in [0.25, 0.3) is 0 Å². The lowest BCUT2D eigenvalue weighted by Gasteiger charge is -2.10. The van der Waals surface area contributed by atoms with Crippen LogP contribution in [0.15, 0.2) is 78.9 Å². The zero-order valence-electron chi connectivity index (χ0n) is 19.7. The Hall–Kier alpha value is -3.80. The molecule has 0 unspecified atom stereocenters. The van der Waals surface area contributed by atoms with Gasteiger partial charge in [0.25, 0.3) is 5.91 Å². The number of carbonyl (C=O) groups is 2. The van der Waals surface area contributed by atoms with Crippen molar-refractivity contribution in [3.63, 3.8) is 0 Å². The molecule has 0 aromatic heterocycles. The quantitative estimate of drug-likeness (QED) is 0.304. The van der Waals surface area contributed by atoms with Gasteiger partial charge in [0.05, 0.1) is 13.2 Å². The second kappa shape index (κ2) is 13.7. The predicted molar refractivity (Wildman–Crippen MR) is 138 cm³/mol. The first-order chi connectivity index (χ1) is 16.6. The number of amides is 2. The zero-order chi connectivity index (χ0) is 24.0. The molecule has 0 heterocycles. The molecule has 3 rings (SSSR count). The maximum absolute atomic E-state index is 12.3. The number of nitrogens with one attached hydrogen (secondary N) is 3. The summed E-state index contributed by atoms with van der Waals surface area (Å²) >= 11 is 0. The van der Waals surface area contributed by atoms with Crippen molar-refractivity contribution in [2.45, 2.75) is 32.6 Å². The van der Waals surface area contributed by atoms with Crippen LogP contribution in [0.5, 0.6) is 5.75 Å². The normalized spacial score (nSPS) is 10.4. The minimum atomic E-state index is -0.165. The van der Waals surface area contributed by atoms with Gasteiger partial charge in [0.15, 0.2) is 0 Å². The van der Waals surface area contributed by atoms with E-state index in [1.165, 1.54) is 5.56 Å². The number of aryl methyl sites for hydroxylation is 1. The maximum Gasteiger partial charge on any atom is 0.251 e. The number of hydrogen-bond donors (Lipinski definition) is 3. The Morgan fingerprint density at radius 3 is 2.24 bits per heavy atom. The minimum Gasteiger partial charge on any atom is -0.494 e. The molecule has 0 aliphatic carbocycles. The average Bonchev–Trinajstić information content (AvgIpc) is 2.87. The summed E-state index contributed by atoms with van der Waals surface area (Å²) < 4.78 is 5.81. The molecule has 178 valence electrons. The van der Waals surface area contributed by atoms with Gasteiger partial charge < -0.3 is 20.7 Å². The van der Waals surface area contributed by atoms with Gasteiger partial charge in [-0.05, 0) is 73.4 Å². The zero-order valence-corrected chi connectivity index (χ0v) is 19.7. The largest absolute Gasteiger partial charge is 0.494 e. The fraction of sp³-hybridized carbons (Fsp3) is 0.286. The van der Waals surface area contributed by atoms with Gasteiger partial charge in [-0.2, -0.15) is 0 Å². The van der Waals surface area contributed by atoms with Crippen molar-refractivity contribution in [2.75, 3.05) is 30.3 Å². The van der Waals surface area contributed by atoms with Crippen LogP contribution in [0.2, 0.25) is 0 Å². The third kappa shape index (κ3) is 8.62. The average molecular weight is 460 g/mol. The van der Waals surface area contributed by atoms with E-state index in [1.807, 2.05) is 42.5 Å². The van der Waals surface area contributed by atoms with Crippen LogP contribution in [0.1, 0.15) is 42.1 Å². The molecule has 0 radical (unpaired) electrons. The van der Waals surface area contributed by atoms with Crippen molar-refractivity contribution in [3.8, 4) is 5.75 Å². The highest BCUT2D eigenvalue weighted by molar-refractivity contribution is 5.96. The van der Waals surface area contributed by atoms with Crippen LogP contribution in [0.4, 0.5) is 11.4 Å². The fourth-order valence-electron chi connectivity index (χ4n) is 3.35. The summed E-state index contributed by atoms with van der Waals surface area (Å²) in [5, 5.41) is 8.82. The molecule has 3 N–H and O–H groups in total. The van der Waals surface area contributed by atoms with Gasteiger partial charge >= 0.3 is 0 Å². The molecular formula is C28H33N3O3. The molecule has 34 heavy (non-hydrogen) atoms. The van der Waals surface area contributed by atoms with E-state index in [0.717, 1.165) is 37.1 Å². The van der Waals surface area contributed by atoms with Gasteiger partial charge in [-0.25, -0.2) is 0 Å². The Labute approximate surface area is 201 Å². The molecule has 0 aliphatic rings. The lowest BCUT2D eigenvalue weighted by atomic mass is 10.1. The van der Waals surface area contributed by atoms with Crippen LogP contribution in [0.3, 0.4) is 0 Å². The molecule has 0 aliphatic heterocycles. The second-order valence-electron chi connectivity index (χ2n) is 8.05. The van der Waals surface area contributed by atoms with Crippen LogP contribution in [-0.4, -0.2) is 31.5 Å². The Morgan fingerprint density at radius 2 is 1.53 bits per heavy atom. The van der Waals surface area contributed by atoms with E-state index < -0.39 is 0 Å². The van der Waals surface area contributed by atoms with Gasteiger partial charge in [0.1, 0.15) is 5.75 Å². The van der Waals surface area contributed by atoms with Crippen molar-refractivity contribution in [1.82, 2.24) is 5.32 Å². The molecule has 0 atom stereocenters. The highest BCUT2D eigenvalue weighted by atomic mass is 16.5. The van der Waals surface area contributed by atoms with Crippen LogP contribution < -0.4 is 20.7 Å². The molecule has 6 nitrogen and oxygen atoms in total. The topological polar surface area (TPSA) is 79.5 Å². The molecule has 0 saturated carbocycles. The Bertz CT molecular complexity index is 1020. The molecule has 2 amide bonds. The number of hydrogen-bond acceptors (Lipinski definition) is 4. The van der Waals surface area contributed by atoms with Crippen LogP contribution >= 0.6 is 0 Å². The lowest BCUT2D eigenvalue weighted by molar-refractivity contribution is -0.114. The number of anilines is 2. The monoisotopic (exact) mass is 459 g/mol. The van der Waals surface area contributed by atoms with Gasteiger partial charge in [0.2, 0.25) is 5.91 Å². The first-order valence-corrected chi connectivity index (χ1v) is 11.8. The SMILES string of the molecule is CCCCNC(=O)c1ccc(NC(=O)CNc2ccc(OCCCc3ccccc3)cc2)cc1. The molecular weight excluding hydrogens is 426 g/mol.